The molecule has 0 bridgehead atoms. The van der Waals surface area contributed by atoms with Crippen molar-refractivity contribution >= 4 is 16.0 Å². The molecule has 0 radical (unpaired) electrons. The van der Waals surface area contributed by atoms with Crippen molar-refractivity contribution in [3.8, 4) is 0 Å². The van der Waals surface area contributed by atoms with Gasteiger partial charge in [-0.05, 0) is 44.9 Å². The number of amides is 1. The Morgan fingerprint density at radius 2 is 0.880 bits per heavy atom. The van der Waals surface area contributed by atoms with Gasteiger partial charge in [-0.3, -0.25) is 9.35 Å². The van der Waals surface area contributed by atoms with Crippen molar-refractivity contribution in [3.05, 3.63) is 24.3 Å². The molecule has 0 rings (SSSR count). The van der Waals surface area contributed by atoms with E-state index in [0.717, 1.165) is 44.9 Å². The second-order valence-corrected chi connectivity index (χ2v) is 16.3. The first kappa shape index (κ1) is 48.8. The minimum absolute atomic E-state index is 0.275. The summed E-state index contributed by atoms with van der Waals surface area (Å²) in [5, 5.41) is 23.4. The molecule has 50 heavy (non-hydrogen) atoms. The average molecular weight is 728 g/mol. The highest BCUT2D eigenvalue weighted by atomic mass is 32.2. The van der Waals surface area contributed by atoms with E-state index < -0.39 is 40.0 Å². The van der Waals surface area contributed by atoms with Crippen LogP contribution in [0.4, 0.5) is 0 Å². The van der Waals surface area contributed by atoms with Gasteiger partial charge in [0.05, 0.1) is 17.9 Å². The van der Waals surface area contributed by atoms with Gasteiger partial charge in [0.2, 0.25) is 5.91 Å². The lowest BCUT2D eigenvalue weighted by molar-refractivity contribution is -0.130. The number of allylic oxidation sites excluding steroid dienone is 3. The predicted molar refractivity (Wildman–Crippen MR) is 213 cm³/mol. The van der Waals surface area contributed by atoms with Crippen LogP contribution in [0.1, 0.15) is 213 Å². The van der Waals surface area contributed by atoms with Crippen molar-refractivity contribution in [1.29, 1.82) is 0 Å². The van der Waals surface area contributed by atoms with Crippen LogP contribution in [0.5, 0.6) is 0 Å². The summed E-state index contributed by atoms with van der Waals surface area (Å²) in [6, 6.07) is -1.23. The zero-order valence-electron chi connectivity index (χ0n) is 32.6. The van der Waals surface area contributed by atoms with E-state index >= 15 is 0 Å². The van der Waals surface area contributed by atoms with E-state index in [9.17, 15) is 28.0 Å². The molecule has 296 valence electrons. The van der Waals surface area contributed by atoms with Gasteiger partial charge >= 0.3 is 0 Å². The van der Waals surface area contributed by atoms with Gasteiger partial charge in [0, 0.05) is 0 Å². The van der Waals surface area contributed by atoms with Crippen LogP contribution in [0.2, 0.25) is 0 Å². The lowest BCUT2D eigenvalue weighted by Crippen LogP contribution is -2.50. The molecule has 4 N–H and O–H groups in total. The number of carbonyl (C=O) groups is 1. The monoisotopic (exact) mass is 728 g/mol. The molecular formula is C42H81NO6S. The summed E-state index contributed by atoms with van der Waals surface area (Å²) in [7, 11) is -4.44. The largest absolute Gasteiger partial charge is 0.387 e. The molecule has 0 aromatic carbocycles. The molecule has 0 saturated heterocycles. The highest BCUT2D eigenvalue weighted by molar-refractivity contribution is 7.85. The summed E-state index contributed by atoms with van der Waals surface area (Å²) in [6.45, 7) is 4.51. The van der Waals surface area contributed by atoms with Gasteiger partial charge in [-0.25, -0.2) is 0 Å². The SMILES string of the molecule is CCCCCCCCCC/C=C\CCCCCCCCC(O)C(=O)NC(CS(=O)(=O)O)C(O)/C=C/CCCCCCCCCCCCCCC. The standard InChI is InChI=1S/C42H81NO6S/c1-3-5-7-9-11-13-15-17-19-20-21-23-25-27-29-31-33-35-37-41(45)42(46)43-39(38-50(47,48)49)40(44)36-34-32-30-28-26-24-22-18-16-14-12-10-8-6-4-2/h20-21,34,36,39-41,44-45H,3-19,22-33,35,37-38H2,1-2H3,(H,43,46)(H,47,48,49)/b21-20-,36-34+. The third-order valence-electron chi connectivity index (χ3n) is 9.73. The minimum Gasteiger partial charge on any atom is -0.387 e. The average Bonchev–Trinajstić information content (AvgIpc) is 3.08. The number of aliphatic hydroxyl groups is 2. The van der Waals surface area contributed by atoms with Crippen molar-refractivity contribution in [2.75, 3.05) is 5.75 Å². The zero-order valence-corrected chi connectivity index (χ0v) is 33.5. The lowest BCUT2D eigenvalue weighted by atomic mass is 10.0. The molecule has 0 heterocycles. The summed E-state index contributed by atoms with van der Waals surface area (Å²) in [4.78, 5) is 12.6. The zero-order chi connectivity index (χ0) is 37.0. The van der Waals surface area contributed by atoms with Gasteiger partial charge in [0.1, 0.15) is 6.10 Å². The molecule has 7 nitrogen and oxygen atoms in total. The number of hydrogen-bond donors (Lipinski definition) is 4. The van der Waals surface area contributed by atoms with Crippen LogP contribution >= 0.6 is 0 Å². The molecule has 0 aliphatic heterocycles. The van der Waals surface area contributed by atoms with Crippen LogP contribution in [0.25, 0.3) is 0 Å². The van der Waals surface area contributed by atoms with E-state index in [4.69, 9.17) is 0 Å². The number of carbonyl (C=O) groups excluding carboxylic acids is 1. The maximum Gasteiger partial charge on any atom is 0.267 e. The molecule has 3 unspecified atom stereocenters. The normalized spacial score (nSPS) is 14.1. The Kier molecular flexibility index (Phi) is 35.3. The molecular weight excluding hydrogens is 647 g/mol. The van der Waals surface area contributed by atoms with Crippen molar-refractivity contribution in [3.63, 3.8) is 0 Å². The van der Waals surface area contributed by atoms with Crippen LogP contribution in [-0.4, -0.2) is 53.1 Å². The van der Waals surface area contributed by atoms with Crippen LogP contribution in [0.15, 0.2) is 24.3 Å². The van der Waals surface area contributed by atoms with E-state index in [1.807, 2.05) is 0 Å². The van der Waals surface area contributed by atoms with Crippen molar-refractivity contribution in [1.82, 2.24) is 5.32 Å². The number of aliphatic hydroxyl groups excluding tert-OH is 2. The fraction of sp³-hybridized carbons (Fsp3) is 0.881. The summed E-state index contributed by atoms with van der Waals surface area (Å²) < 4.78 is 32.5. The van der Waals surface area contributed by atoms with E-state index in [-0.39, 0.29) is 6.42 Å². The topological polar surface area (TPSA) is 124 Å². The molecule has 8 heteroatoms. The van der Waals surface area contributed by atoms with Crippen LogP contribution in [0.3, 0.4) is 0 Å². The molecule has 3 atom stereocenters. The van der Waals surface area contributed by atoms with Gasteiger partial charge in [-0.1, -0.05) is 192 Å². The molecule has 0 aromatic heterocycles. The van der Waals surface area contributed by atoms with Crippen molar-refractivity contribution in [2.24, 2.45) is 0 Å². The number of rotatable bonds is 38. The molecule has 0 fully saturated rings. The van der Waals surface area contributed by atoms with Crippen molar-refractivity contribution < 1.29 is 28.0 Å². The van der Waals surface area contributed by atoms with Crippen molar-refractivity contribution in [2.45, 2.75) is 231 Å². The fourth-order valence-electron chi connectivity index (χ4n) is 6.45. The predicted octanol–water partition coefficient (Wildman–Crippen LogP) is 11.3. The first-order valence-electron chi connectivity index (χ1n) is 21.1. The van der Waals surface area contributed by atoms with Crippen LogP contribution in [0, 0.1) is 0 Å². The molecule has 0 saturated carbocycles. The molecule has 0 aromatic rings. The number of hydrogen-bond acceptors (Lipinski definition) is 5. The van der Waals surface area contributed by atoms with Gasteiger partial charge in [-0.15, -0.1) is 0 Å². The third kappa shape index (κ3) is 35.2. The maximum absolute atomic E-state index is 12.6. The van der Waals surface area contributed by atoms with E-state index in [0.29, 0.717) is 6.42 Å². The number of unbranched alkanes of at least 4 members (excludes halogenated alkanes) is 27. The molecule has 0 aliphatic rings. The second kappa shape index (κ2) is 36.2. The Balaban J connectivity index is 4.02. The Bertz CT molecular complexity index is 906. The molecule has 0 aliphatic carbocycles. The van der Waals surface area contributed by atoms with Gasteiger partial charge in [0.15, 0.2) is 0 Å². The third-order valence-corrected chi connectivity index (χ3v) is 10.5. The smallest absolute Gasteiger partial charge is 0.267 e. The van der Waals surface area contributed by atoms with E-state index in [1.54, 1.807) is 6.08 Å². The first-order valence-corrected chi connectivity index (χ1v) is 22.8. The minimum atomic E-state index is -4.44. The Labute approximate surface area is 309 Å². The number of nitrogens with one attached hydrogen (secondary N) is 1. The van der Waals surface area contributed by atoms with Gasteiger partial charge in [0.25, 0.3) is 10.1 Å². The fourth-order valence-corrected chi connectivity index (χ4v) is 7.19. The summed E-state index contributed by atoms with van der Waals surface area (Å²) >= 11 is 0. The van der Waals surface area contributed by atoms with Crippen LogP contribution < -0.4 is 5.32 Å². The Morgan fingerprint density at radius 1 is 0.540 bits per heavy atom. The lowest BCUT2D eigenvalue weighted by Gasteiger charge is -2.22. The Hall–Kier alpha value is -1.22. The highest BCUT2D eigenvalue weighted by Crippen LogP contribution is 2.15. The summed E-state index contributed by atoms with van der Waals surface area (Å²) in [6.07, 6.45) is 42.3. The second-order valence-electron chi connectivity index (χ2n) is 14.8. The van der Waals surface area contributed by atoms with E-state index in [2.05, 4.69) is 31.3 Å². The maximum atomic E-state index is 12.6. The Morgan fingerprint density at radius 3 is 1.26 bits per heavy atom. The van der Waals surface area contributed by atoms with E-state index in [1.165, 1.54) is 147 Å². The first-order chi connectivity index (χ1) is 24.2. The summed E-state index contributed by atoms with van der Waals surface area (Å²) in [5.41, 5.74) is 0. The highest BCUT2D eigenvalue weighted by Gasteiger charge is 2.27. The molecule has 1 amide bonds. The quantitative estimate of drug-likeness (QED) is 0.0285. The van der Waals surface area contributed by atoms with Gasteiger partial charge in [-0.2, -0.15) is 8.42 Å². The summed E-state index contributed by atoms with van der Waals surface area (Å²) in [5.74, 6) is -1.54. The van der Waals surface area contributed by atoms with Crippen LogP contribution in [-0.2, 0) is 14.9 Å². The van der Waals surface area contributed by atoms with Gasteiger partial charge < -0.3 is 15.5 Å². The molecule has 0 spiro atoms.